The Labute approximate surface area is 183 Å². The van der Waals surface area contributed by atoms with Gasteiger partial charge in [0.15, 0.2) is 0 Å². The van der Waals surface area contributed by atoms with Crippen LogP contribution in [0.3, 0.4) is 0 Å². The van der Waals surface area contributed by atoms with E-state index in [1.807, 2.05) is 6.07 Å². The van der Waals surface area contributed by atoms with E-state index in [1.165, 1.54) is 22.3 Å². The van der Waals surface area contributed by atoms with E-state index < -0.39 is 0 Å². The van der Waals surface area contributed by atoms with Crippen molar-refractivity contribution in [3.05, 3.63) is 127 Å². The molecule has 0 atom stereocenters. The van der Waals surface area contributed by atoms with Gasteiger partial charge in [0.25, 0.3) is 0 Å². The Hall–Kier alpha value is -3.97. The molecular formula is C30H23N. The van der Waals surface area contributed by atoms with Gasteiger partial charge in [-0.05, 0) is 35.7 Å². The molecule has 148 valence electrons. The van der Waals surface area contributed by atoms with Crippen molar-refractivity contribution in [3.8, 4) is 44.8 Å². The number of pyridine rings is 1. The summed E-state index contributed by atoms with van der Waals surface area (Å²) in [5.74, 6) is 0. The number of aryl methyl sites for hydroxylation is 1. The van der Waals surface area contributed by atoms with Crippen molar-refractivity contribution in [2.75, 3.05) is 0 Å². The Morgan fingerprint density at radius 1 is 0.484 bits per heavy atom. The molecule has 0 aliphatic rings. The predicted octanol–water partition coefficient (Wildman–Crippen LogP) is 8.06. The molecule has 0 aliphatic heterocycles. The number of benzene rings is 4. The molecule has 5 rings (SSSR count). The highest BCUT2D eigenvalue weighted by molar-refractivity contribution is 5.94. The second kappa shape index (κ2) is 8.41. The van der Waals surface area contributed by atoms with Crippen LogP contribution in [0.1, 0.15) is 5.56 Å². The van der Waals surface area contributed by atoms with Crippen molar-refractivity contribution in [2.24, 2.45) is 0 Å². The summed E-state index contributed by atoms with van der Waals surface area (Å²) >= 11 is 0. The topological polar surface area (TPSA) is 12.9 Å². The number of rotatable bonds is 4. The monoisotopic (exact) mass is 397 g/mol. The predicted molar refractivity (Wildman–Crippen MR) is 131 cm³/mol. The second-order valence-electron chi connectivity index (χ2n) is 7.75. The van der Waals surface area contributed by atoms with Gasteiger partial charge in [-0.3, -0.25) is 0 Å². The Balaban J connectivity index is 1.88. The lowest BCUT2D eigenvalue weighted by atomic mass is 9.89. The lowest BCUT2D eigenvalue weighted by molar-refractivity contribution is 1.31. The molecule has 5 aromatic rings. The fourth-order valence-electron chi connectivity index (χ4n) is 4.04. The van der Waals surface area contributed by atoms with Crippen LogP contribution in [0.5, 0.6) is 0 Å². The van der Waals surface area contributed by atoms with E-state index in [1.54, 1.807) is 0 Å². The average Bonchev–Trinajstić information content (AvgIpc) is 2.85. The van der Waals surface area contributed by atoms with Crippen LogP contribution in [0.4, 0.5) is 0 Å². The standard InChI is InChI=1S/C30H23N/c1-22-12-11-19-26(20-22)28-21-27(23-13-5-2-6-14-23)29(24-15-7-3-8-16-24)30(31-28)25-17-9-4-10-18-25/h2-21H,1H3. The Morgan fingerprint density at radius 2 is 1.03 bits per heavy atom. The molecule has 4 aromatic carbocycles. The van der Waals surface area contributed by atoms with Crippen LogP contribution in [0.25, 0.3) is 44.8 Å². The molecule has 1 heteroatoms. The number of nitrogens with zero attached hydrogens (tertiary/aromatic N) is 1. The maximum Gasteiger partial charge on any atom is 0.0794 e. The molecule has 0 bridgehead atoms. The maximum absolute atomic E-state index is 5.22. The zero-order chi connectivity index (χ0) is 21.0. The summed E-state index contributed by atoms with van der Waals surface area (Å²) in [6, 6.07) is 42.5. The third kappa shape index (κ3) is 3.91. The van der Waals surface area contributed by atoms with E-state index in [2.05, 4.69) is 122 Å². The lowest BCUT2D eigenvalue weighted by Gasteiger charge is -2.18. The normalized spacial score (nSPS) is 10.7. The van der Waals surface area contributed by atoms with Crippen molar-refractivity contribution >= 4 is 0 Å². The van der Waals surface area contributed by atoms with E-state index in [4.69, 9.17) is 4.98 Å². The smallest absolute Gasteiger partial charge is 0.0794 e. The summed E-state index contributed by atoms with van der Waals surface area (Å²) in [6.07, 6.45) is 0. The van der Waals surface area contributed by atoms with Gasteiger partial charge < -0.3 is 0 Å². The van der Waals surface area contributed by atoms with E-state index in [0.29, 0.717) is 0 Å². The highest BCUT2D eigenvalue weighted by atomic mass is 14.7. The molecule has 31 heavy (non-hydrogen) atoms. The van der Waals surface area contributed by atoms with Crippen LogP contribution in [0.2, 0.25) is 0 Å². The van der Waals surface area contributed by atoms with Gasteiger partial charge >= 0.3 is 0 Å². The summed E-state index contributed by atoms with van der Waals surface area (Å²) in [7, 11) is 0. The molecule has 0 unspecified atom stereocenters. The van der Waals surface area contributed by atoms with Crippen LogP contribution in [0.15, 0.2) is 121 Å². The van der Waals surface area contributed by atoms with E-state index in [0.717, 1.165) is 28.1 Å². The van der Waals surface area contributed by atoms with Gasteiger partial charge in [0.2, 0.25) is 0 Å². The van der Waals surface area contributed by atoms with Gasteiger partial charge in [-0.2, -0.15) is 0 Å². The molecule has 0 saturated heterocycles. The molecule has 0 amide bonds. The molecule has 0 fully saturated rings. The third-order valence-electron chi connectivity index (χ3n) is 5.53. The zero-order valence-corrected chi connectivity index (χ0v) is 17.5. The largest absolute Gasteiger partial charge is 0.247 e. The molecule has 0 N–H and O–H groups in total. The molecule has 1 aromatic heterocycles. The quantitative estimate of drug-likeness (QED) is 0.299. The summed E-state index contributed by atoms with van der Waals surface area (Å²) in [5.41, 5.74) is 10.2. The van der Waals surface area contributed by atoms with Gasteiger partial charge in [-0.25, -0.2) is 4.98 Å². The van der Waals surface area contributed by atoms with Crippen LogP contribution in [0, 0.1) is 6.92 Å². The lowest BCUT2D eigenvalue weighted by Crippen LogP contribution is -1.97. The van der Waals surface area contributed by atoms with E-state index in [-0.39, 0.29) is 0 Å². The number of aromatic nitrogens is 1. The van der Waals surface area contributed by atoms with E-state index in [9.17, 15) is 0 Å². The maximum atomic E-state index is 5.22. The summed E-state index contributed by atoms with van der Waals surface area (Å²) in [4.78, 5) is 5.22. The van der Waals surface area contributed by atoms with Crippen LogP contribution in [-0.2, 0) is 0 Å². The minimum absolute atomic E-state index is 0.987. The van der Waals surface area contributed by atoms with Crippen molar-refractivity contribution < 1.29 is 0 Å². The van der Waals surface area contributed by atoms with Crippen molar-refractivity contribution in [2.45, 2.75) is 6.92 Å². The van der Waals surface area contributed by atoms with E-state index >= 15 is 0 Å². The fourth-order valence-corrected chi connectivity index (χ4v) is 4.04. The minimum Gasteiger partial charge on any atom is -0.247 e. The van der Waals surface area contributed by atoms with Gasteiger partial charge in [0.1, 0.15) is 0 Å². The molecule has 1 nitrogen and oxygen atoms in total. The fraction of sp³-hybridized carbons (Fsp3) is 0.0333. The zero-order valence-electron chi connectivity index (χ0n) is 17.5. The van der Waals surface area contributed by atoms with Crippen LogP contribution in [-0.4, -0.2) is 4.98 Å². The van der Waals surface area contributed by atoms with Crippen molar-refractivity contribution in [1.82, 2.24) is 4.98 Å². The molecule has 0 saturated carbocycles. The minimum atomic E-state index is 0.987. The highest BCUT2D eigenvalue weighted by Crippen LogP contribution is 2.41. The van der Waals surface area contributed by atoms with Gasteiger partial charge in [0.05, 0.1) is 11.4 Å². The Morgan fingerprint density at radius 3 is 1.65 bits per heavy atom. The summed E-state index contributed by atoms with van der Waals surface area (Å²) in [6.45, 7) is 2.12. The highest BCUT2D eigenvalue weighted by Gasteiger charge is 2.18. The Kier molecular flexibility index (Phi) is 5.16. The molecule has 0 aliphatic carbocycles. The number of hydrogen-bond acceptors (Lipinski definition) is 1. The van der Waals surface area contributed by atoms with Crippen LogP contribution < -0.4 is 0 Å². The first-order valence-electron chi connectivity index (χ1n) is 10.6. The summed E-state index contributed by atoms with van der Waals surface area (Å²) in [5, 5.41) is 0. The second-order valence-corrected chi connectivity index (χ2v) is 7.75. The molecule has 0 radical (unpaired) electrons. The SMILES string of the molecule is Cc1cccc(-c2cc(-c3ccccc3)c(-c3ccccc3)c(-c3ccccc3)n2)c1. The average molecular weight is 398 g/mol. The third-order valence-corrected chi connectivity index (χ3v) is 5.53. The summed E-state index contributed by atoms with van der Waals surface area (Å²) < 4.78 is 0. The first-order valence-corrected chi connectivity index (χ1v) is 10.6. The Bertz CT molecular complexity index is 1250. The molecule has 1 heterocycles. The first-order chi connectivity index (χ1) is 15.3. The van der Waals surface area contributed by atoms with Crippen molar-refractivity contribution in [3.63, 3.8) is 0 Å². The first kappa shape index (κ1) is 19.0. The molecule has 0 spiro atoms. The van der Waals surface area contributed by atoms with Crippen molar-refractivity contribution in [1.29, 1.82) is 0 Å². The van der Waals surface area contributed by atoms with Gasteiger partial charge in [0, 0.05) is 16.7 Å². The molecular weight excluding hydrogens is 374 g/mol. The van der Waals surface area contributed by atoms with Crippen LogP contribution >= 0.6 is 0 Å². The van der Waals surface area contributed by atoms with Gasteiger partial charge in [-0.1, -0.05) is 115 Å². The van der Waals surface area contributed by atoms with Gasteiger partial charge in [-0.15, -0.1) is 0 Å². The number of hydrogen-bond donors (Lipinski definition) is 0.